The van der Waals surface area contributed by atoms with Gasteiger partial charge in [0, 0.05) is 25.8 Å². The second-order valence-corrected chi connectivity index (χ2v) is 5.63. The minimum Gasteiger partial charge on any atom is -0.375 e. The van der Waals surface area contributed by atoms with Crippen LogP contribution < -0.4 is 5.32 Å². The molecule has 1 aromatic heterocycles. The van der Waals surface area contributed by atoms with E-state index in [2.05, 4.69) is 10.5 Å². The van der Waals surface area contributed by atoms with Crippen molar-refractivity contribution in [3.05, 3.63) is 41.2 Å². The predicted octanol–water partition coefficient (Wildman–Crippen LogP) is 2.97. The fourth-order valence-corrected chi connectivity index (χ4v) is 2.64. The number of hydrogen-bond acceptors (Lipinski definition) is 5. The number of benzene rings is 1. The number of carbonyl (C=O) groups excluding carboxylic acids is 1. The summed E-state index contributed by atoms with van der Waals surface area (Å²) in [5.41, 5.74) is 0.145. The number of hydrogen-bond donors (Lipinski definition) is 1. The molecule has 134 valence electrons. The van der Waals surface area contributed by atoms with Crippen LogP contribution >= 0.6 is 0 Å². The van der Waals surface area contributed by atoms with E-state index in [0.29, 0.717) is 30.1 Å². The van der Waals surface area contributed by atoms with Crippen LogP contribution in [0.4, 0.5) is 24.7 Å². The smallest absolute Gasteiger partial charge is 0.375 e. The number of halogens is 3. The van der Waals surface area contributed by atoms with Crippen LogP contribution in [0.25, 0.3) is 0 Å². The third kappa shape index (κ3) is 3.76. The number of alkyl halides is 3. The Morgan fingerprint density at radius 3 is 2.96 bits per heavy atom. The molecule has 6 nitrogen and oxygen atoms in total. The Balaban J connectivity index is 1.80. The van der Waals surface area contributed by atoms with Crippen LogP contribution in [0.5, 0.6) is 0 Å². The zero-order chi connectivity index (χ0) is 18.0. The number of nitrogens with zero attached hydrogens (tertiary/aromatic N) is 2. The molecule has 0 bridgehead atoms. The third-order valence-electron chi connectivity index (χ3n) is 3.90. The van der Waals surface area contributed by atoms with Crippen molar-refractivity contribution in [2.24, 2.45) is 0 Å². The topological polar surface area (TPSA) is 67.6 Å². The highest BCUT2D eigenvalue weighted by Gasteiger charge is 2.31. The van der Waals surface area contributed by atoms with Crippen LogP contribution in [0.2, 0.25) is 0 Å². The molecule has 9 heteroatoms. The van der Waals surface area contributed by atoms with Gasteiger partial charge in [-0.25, -0.2) is 0 Å². The number of nitrogens with one attached hydrogen (secondary N) is 1. The summed E-state index contributed by atoms with van der Waals surface area (Å²) in [6.07, 6.45) is -3.94. The number of anilines is 2. The lowest BCUT2D eigenvalue weighted by molar-refractivity contribution is -0.137. The van der Waals surface area contributed by atoms with Crippen molar-refractivity contribution in [2.45, 2.75) is 19.1 Å². The molecule has 0 spiro atoms. The molecule has 25 heavy (non-hydrogen) atoms. The molecule has 2 aromatic rings. The molecule has 0 atom stereocenters. The van der Waals surface area contributed by atoms with Gasteiger partial charge in [0.15, 0.2) is 5.82 Å². The molecule has 0 saturated carbocycles. The number of rotatable bonds is 4. The lowest BCUT2D eigenvalue weighted by atomic mass is 10.1. The highest BCUT2D eigenvalue weighted by molar-refractivity contribution is 5.78. The van der Waals surface area contributed by atoms with Gasteiger partial charge in [0.1, 0.15) is 12.4 Å². The summed E-state index contributed by atoms with van der Waals surface area (Å²) in [7, 11) is 1.44. The van der Waals surface area contributed by atoms with Gasteiger partial charge in [0.2, 0.25) is 5.91 Å². The molecule has 0 fully saturated rings. The zero-order valence-electron chi connectivity index (χ0n) is 13.4. The van der Waals surface area contributed by atoms with Gasteiger partial charge in [-0.05, 0) is 18.2 Å². The summed E-state index contributed by atoms with van der Waals surface area (Å²) in [6.45, 7) is 0.715. The molecule has 2 heterocycles. The maximum atomic E-state index is 12.8. The lowest BCUT2D eigenvalue weighted by Gasteiger charge is -2.26. The summed E-state index contributed by atoms with van der Waals surface area (Å²) in [5, 5.41) is 6.73. The third-order valence-corrected chi connectivity index (χ3v) is 3.90. The second kappa shape index (κ2) is 6.75. The van der Waals surface area contributed by atoms with Gasteiger partial charge in [0.25, 0.3) is 0 Å². The minimum absolute atomic E-state index is 0.0308. The van der Waals surface area contributed by atoms with Gasteiger partial charge in [-0.2, -0.15) is 13.2 Å². The van der Waals surface area contributed by atoms with Gasteiger partial charge in [0.05, 0.1) is 17.7 Å². The number of amides is 1. The minimum atomic E-state index is -4.43. The van der Waals surface area contributed by atoms with E-state index in [1.807, 2.05) is 0 Å². The van der Waals surface area contributed by atoms with Crippen molar-refractivity contribution in [1.29, 1.82) is 0 Å². The quantitative estimate of drug-likeness (QED) is 0.913. The van der Waals surface area contributed by atoms with Crippen LogP contribution in [-0.2, 0) is 28.7 Å². The van der Waals surface area contributed by atoms with E-state index < -0.39 is 11.7 Å². The first-order valence-electron chi connectivity index (χ1n) is 7.57. The molecular weight excluding hydrogens is 339 g/mol. The van der Waals surface area contributed by atoms with Gasteiger partial charge in [-0.15, -0.1) is 0 Å². The largest absolute Gasteiger partial charge is 0.416 e. The average Bonchev–Trinajstić information content (AvgIpc) is 2.97. The van der Waals surface area contributed by atoms with Crippen molar-refractivity contribution in [3.63, 3.8) is 0 Å². The van der Waals surface area contributed by atoms with E-state index in [1.54, 1.807) is 4.90 Å². The Morgan fingerprint density at radius 1 is 1.44 bits per heavy atom. The summed E-state index contributed by atoms with van der Waals surface area (Å²) in [6, 6.07) is 4.81. The Bertz CT molecular complexity index is 773. The van der Waals surface area contributed by atoms with E-state index in [-0.39, 0.29) is 24.7 Å². The van der Waals surface area contributed by atoms with Gasteiger partial charge in [-0.3, -0.25) is 4.79 Å². The number of aromatic nitrogens is 1. The number of ether oxygens (including phenoxy) is 1. The normalized spacial score (nSPS) is 14.3. The molecule has 0 saturated heterocycles. The number of carbonyl (C=O) groups is 1. The van der Waals surface area contributed by atoms with E-state index >= 15 is 0 Å². The Labute approximate surface area is 141 Å². The van der Waals surface area contributed by atoms with Crippen molar-refractivity contribution >= 4 is 17.4 Å². The van der Waals surface area contributed by atoms with Crippen LogP contribution in [0.1, 0.15) is 16.9 Å². The molecule has 1 amide bonds. The maximum Gasteiger partial charge on any atom is 0.416 e. The first kappa shape index (κ1) is 17.3. The fraction of sp³-hybridized carbons (Fsp3) is 0.375. The van der Waals surface area contributed by atoms with E-state index in [1.165, 1.54) is 19.2 Å². The molecule has 1 aromatic carbocycles. The molecule has 1 N–H and O–H groups in total. The first-order valence-corrected chi connectivity index (χ1v) is 7.57. The Morgan fingerprint density at radius 2 is 2.24 bits per heavy atom. The van der Waals surface area contributed by atoms with Crippen molar-refractivity contribution < 1.29 is 27.2 Å². The summed E-state index contributed by atoms with van der Waals surface area (Å²) in [4.78, 5) is 13.6. The van der Waals surface area contributed by atoms with Crippen molar-refractivity contribution in [1.82, 2.24) is 10.1 Å². The van der Waals surface area contributed by atoms with E-state index in [0.717, 1.165) is 12.1 Å². The van der Waals surface area contributed by atoms with Gasteiger partial charge < -0.3 is 19.5 Å². The van der Waals surface area contributed by atoms with Gasteiger partial charge >= 0.3 is 6.18 Å². The average molecular weight is 355 g/mol. The lowest BCUT2D eigenvalue weighted by Crippen LogP contribution is -2.37. The van der Waals surface area contributed by atoms with Crippen LogP contribution in [0.15, 0.2) is 28.8 Å². The standard InChI is InChI=1S/C16H16F3N3O3/c1-24-9-14(23)22-6-5-13-12(8-22)15(21-25-13)20-11-4-2-3-10(7-11)16(17,18)19/h2-4,7H,5-6,8-9H2,1H3,(H,20,21). The molecular formula is C16H16F3N3O3. The maximum absolute atomic E-state index is 12.8. The molecule has 3 rings (SSSR count). The first-order chi connectivity index (χ1) is 11.9. The molecule has 0 unspecified atom stereocenters. The fourth-order valence-electron chi connectivity index (χ4n) is 2.64. The molecule has 1 aliphatic heterocycles. The molecule has 0 aliphatic carbocycles. The monoisotopic (exact) mass is 355 g/mol. The van der Waals surface area contributed by atoms with Crippen LogP contribution in [-0.4, -0.2) is 36.2 Å². The number of methoxy groups -OCH3 is 1. The molecule has 1 aliphatic rings. The Hall–Kier alpha value is -2.55. The highest BCUT2D eigenvalue weighted by atomic mass is 19.4. The van der Waals surface area contributed by atoms with Crippen LogP contribution in [0, 0.1) is 0 Å². The Kier molecular flexibility index (Phi) is 4.67. The SMILES string of the molecule is COCC(=O)N1CCc2onc(Nc3cccc(C(F)(F)F)c3)c2C1. The number of fused-ring (bicyclic) bond motifs is 1. The van der Waals surface area contributed by atoms with Gasteiger partial charge in [-0.1, -0.05) is 11.2 Å². The van der Waals surface area contributed by atoms with Crippen molar-refractivity contribution in [2.75, 3.05) is 25.6 Å². The van der Waals surface area contributed by atoms with Crippen LogP contribution in [0.3, 0.4) is 0 Å². The highest BCUT2D eigenvalue weighted by Crippen LogP contribution is 2.33. The van der Waals surface area contributed by atoms with E-state index in [4.69, 9.17) is 9.26 Å². The summed E-state index contributed by atoms with van der Waals surface area (Å²) < 4.78 is 48.5. The zero-order valence-corrected chi connectivity index (χ0v) is 13.4. The summed E-state index contributed by atoms with van der Waals surface area (Å²) in [5.74, 6) is 0.763. The predicted molar refractivity (Wildman–Crippen MR) is 82.2 cm³/mol. The van der Waals surface area contributed by atoms with Crippen molar-refractivity contribution in [3.8, 4) is 0 Å². The second-order valence-electron chi connectivity index (χ2n) is 5.63. The molecule has 0 radical (unpaired) electrons. The van der Waals surface area contributed by atoms with E-state index in [9.17, 15) is 18.0 Å². The summed E-state index contributed by atoms with van der Waals surface area (Å²) >= 11 is 0.